The zero-order valence-electron chi connectivity index (χ0n) is 15.0. The van der Waals surface area contributed by atoms with Crippen LogP contribution >= 0.6 is 35.7 Å². The van der Waals surface area contributed by atoms with Crippen LogP contribution < -0.4 is 10.6 Å². The monoisotopic (exact) mass is 462 g/mol. The lowest BCUT2D eigenvalue weighted by molar-refractivity contribution is 0.249. The smallest absolute Gasteiger partial charge is 0.191 e. The van der Waals surface area contributed by atoms with Gasteiger partial charge < -0.3 is 10.6 Å². The van der Waals surface area contributed by atoms with Gasteiger partial charge in [0, 0.05) is 38.0 Å². The Kier molecular flexibility index (Phi) is 10.8. The number of benzene rings is 1. The van der Waals surface area contributed by atoms with Crippen LogP contribution in [-0.4, -0.2) is 55.1 Å². The molecule has 24 heavy (non-hydrogen) atoms. The molecule has 0 aliphatic carbocycles. The summed E-state index contributed by atoms with van der Waals surface area (Å²) in [5, 5.41) is 7.02. The Morgan fingerprint density at radius 2 is 2.12 bits per heavy atom. The summed E-state index contributed by atoms with van der Waals surface area (Å²) in [5.41, 5.74) is 1.35. The standard InChI is InChI=1S/C18H30N4S.HI/c1-15(22(3)13-16-8-5-4-6-9-16)12-20-18(19-2)21-17-10-7-11-23-14-17;/h4-6,8-9,15,17H,7,10-14H2,1-3H3,(H2,19,20,21);1H. The first-order valence-corrected chi connectivity index (χ1v) is 9.63. The summed E-state index contributed by atoms with van der Waals surface area (Å²) >= 11 is 2.03. The SMILES string of the molecule is CN=C(NCC(C)N(C)Cc1ccccc1)NC1CCCSC1.I. The number of aliphatic imine (C=N–C) groups is 1. The van der Waals surface area contributed by atoms with Gasteiger partial charge >= 0.3 is 0 Å². The van der Waals surface area contributed by atoms with E-state index in [4.69, 9.17) is 0 Å². The van der Waals surface area contributed by atoms with Gasteiger partial charge in [-0.3, -0.25) is 9.89 Å². The summed E-state index contributed by atoms with van der Waals surface area (Å²) in [7, 11) is 4.02. The van der Waals surface area contributed by atoms with Gasteiger partial charge in [0.15, 0.2) is 5.96 Å². The third-order valence-corrected chi connectivity index (χ3v) is 5.53. The molecule has 1 fully saturated rings. The van der Waals surface area contributed by atoms with Crippen molar-refractivity contribution in [3.8, 4) is 0 Å². The second-order valence-electron chi connectivity index (χ2n) is 6.26. The maximum atomic E-state index is 4.36. The lowest BCUT2D eigenvalue weighted by atomic mass is 10.2. The third-order valence-electron chi connectivity index (χ3n) is 4.32. The highest BCUT2D eigenvalue weighted by molar-refractivity contribution is 14.0. The van der Waals surface area contributed by atoms with Gasteiger partial charge in [0.05, 0.1) is 0 Å². The van der Waals surface area contributed by atoms with E-state index in [0.29, 0.717) is 12.1 Å². The molecule has 1 saturated heterocycles. The first-order valence-electron chi connectivity index (χ1n) is 8.48. The highest BCUT2D eigenvalue weighted by Gasteiger charge is 2.16. The topological polar surface area (TPSA) is 39.7 Å². The summed E-state index contributed by atoms with van der Waals surface area (Å²) in [6.07, 6.45) is 2.55. The summed E-state index contributed by atoms with van der Waals surface area (Å²) in [6, 6.07) is 11.6. The number of hydrogen-bond donors (Lipinski definition) is 2. The maximum Gasteiger partial charge on any atom is 0.191 e. The van der Waals surface area contributed by atoms with E-state index in [1.54, 1.807) is 0 Å². The zero-order chi connectivity index (χ0) is 16.5. The fraction of sp³-hybridized carbons (Fsp3) is 0.611. The molecule has 2 atom stereocenters. The minimum Gasteiger partial charge on any atom is -0.355 e. The van der Waals surface area contributed by atoms with E-state index in [1.165, 1.54) is 29.9 Å². The van der Waals surface area contributed by atoms with E-state index < -0.39 is 0 Å². The minimum absolute atomic E-state index is 0. The molecular weight excluding hydrogens is 431 g/mol. The van der Waals surface area contributed by atoms with Crippen LogP contribution in [0, 0.1) is 0 Å². The molecule has 2 unspecified atom stereocenters. The molecule has 1 heterocycles. The molecular formula is C18H31IN4S. The van der Waals surface area contributed by atoms with Gasteiger partial charge in [-0.15, -0.1) is 24.0 Å². The van der Waals surface area contributed by atoms with Gasteiger partial charge in [-0.05, 0) is 38.1 Å². The van der Waals surface area contributed by atoms with Crippen LogP contribution in [0.5, 0.6) is 0 Å². The number of nitrogens with one attached hydrogen (secondary N) is 2. The van der Waals surface area contributed by atoms with Crippen molar-refractivity contribution in [3.63, 3.8) is 0 Å². The lowest BCUT2D eigenvalue weighted by Gasteiger charge is -2.28. The molecule has 0 spiro atoms. The predicted molar refractivity (Wildman–Crippen MR) is 118 cm³/mol. The van der Waals surface area contributed by atoms with Gasteiger partial charge in [0.2, 0.25) is 0 Å². The number of hydrogen-bond acceptors (Lipinski definition) is 3. The number of rotatable bonds is 6. The second kappa shape index (κ2) is 12.0. The molecule has 1 aromatic rings. The van der Waals surface area contributed by atoms with Crippen molar-refractivity contribution in [1.82, 2.24) is 15.5 Å². The van der Waals surface area contributed by atoms with Crippen molar-refractivity contribution in [1.29, 1.82) is 0 Å². The molecule has 0 aromatic heterocycles. The average molecular weight is 462 g/mol. The van der Waals surface area contributed by atoms with Crippen molar-refractivity contribution < 1.29 is 0 Å². The minimum atomic E-state index is 0. The summed E-state index contributed by atoms with van der Waals surface area (Å²) in [6.45, 7) is 4.11. The Morgan fingerprint density at radius 1 is 1.38 bits per heavy atom. The quantitative estimate of drug-likeness (QED) is 0.387. The van der Waals surface area contributed by atoms with Crippen molar-refractivity contribution in [2.75, 3.05) is 32.1 Å². The predicted octanol–water partition coefficient (Wildman–Crippen LogP) is 3.19. The Balaban J connectivity index is 0.00000288. The first kappa shape index (κ1) is 21.6. The van der Waals surface area contributed by atoms with Crippen LogP contribution in [0.4, 0.5) is 0 Å². The molecule has 4 nitrogen and oxygen atoms in total. The van der Waals surface area contributed by atoms with E-state index in [2.05, 4.69) is 64.8 Å². The van der Waals surface area contributed by atoms with Gasteiger partial charge in [0.25, 0.3) is 0 Å². The number of nitrogens with zero attached hydrogens (tertiary/aromatic N) is 2. The second-order valence-corrected chi connectivity index (χ2v) is 7.41. The van der Waals surface area contributed by atoms with E-state index >= 15 is 0 Å². The van der Waals surface area contributed by atoms with Crippen molar-refractivity contribution in [2.45, 2.75) is 38.4 Å². The molecule has 0 bridgehead atoms. The fourth-order valence-corrected chi connectivity index (χ4v) is 3.74. The normalized spacial score (nSPS) is 19.5. The van der Waals surface area contributed by atoms with Gasteiger partial charge in [-0.25, -0.2) is 0 Å². The van der Waals surface area contributed by atoms with Crippen LogP contribution in [0.25, 0.3) is 0 Å². The Bertz CT molecular complexity index is 477. The van der Waals surface area contributed by atoms with Crippen LogP contribution in [0.3, 0.4) is 0 Å². The number of halogens is 1. The van der Waals surface area contributed by atoms with E-state index in [9.17, 15) is 0 Å². The van der Waals surface area contributed by atoms with Crippen LogP contribution in [-0.2, 0) is 6.54 Å². The van der Waals surface area contributed by atoms with Crippen molar-refractivity contribution in [3.05, 3.63) is 35.9 Å². The number of guanidine groups is 1. The molecule has 0 radical (unpaired) electrons. The number of thioether (sulfide) groups is 1. The Labute approximate surface area is 168 Å². The summed E-state index contributed by atoms with van der Waals surface area (Å²) in [5.74, 6) is 3.41. The molecule has 2 rings (SSSR count). The maximum absolute atomic E-state index is 4.36. The van der Waals surface area contributed by atoms with Crippen LogP contribution in [0.1, 0.15) is 25.3 Å². The molecule has 1 aliphatic heterocycles. The molecule has 136 valence electrons. The van der Waals surface area contributed by atoms with E-state index in [1.807, 2.05) is 18.8 Å². The molecule has 6 heteroatoms. The zero-order valence-corrected chi connectivity index (χ0v) is 18.1. The lowest BCUT2D eigenvalue weighted by Crippen LogP contribution is -2.49. The molecule has 0 saturated carbocycles. The van der Waals surface area contributed by atoms with Crippen LogP contribution in [0.2, 0.25) is 0 Å². The molecule has 0 amide bonds. The Morgan fingerprint density at radius 3 is 2.75 bits per heavy atom. The van der Waals surface area contributed by atoms with Gasteiger partial charge in [-0.2, -0.15) is 11.8 Å². The Hall–Kier alpha value is -0.470. The number of likely N-dealkylation sites (N-methyl/N-ethyl adjacent to an activating group) is 1. The fourth-order valence-electron chi connectivity index (χ4n) is 2.67. The van der Waals surface area contributed by atoms with Crippen molar-refractivity contribution >= 4 is 41.7 Å². The first-order chi connectivity index (χ1) is 11.2. The van der Waals surface area contributed by atoms with E-state index in [-0.39, 0.29) is 24.0 Å². The van der Waals surface area contributed by atoms with Gasteiger partial charge in [-0.1, -0.05) is 30.3 Å². The largest absolute Gasteiger partial charge is 0.355 e. The summed E-state index contributed by atoms with van der Waals surface area (Å²) in [4.78, 5) is 6.73. The third kappa shape index (κ3) is 7.61. The molecule has 1 aliphatic rings. The highest BCUT2D eigenvalue weighted by Crippen LogP contribution is 2.16. The average Bonchev–Trinajstić information content (AvgIpc) is 2.60. The van der Waals surface area contributed by atoms with E-state index in [0.717, 1.165) is 19.0 Å². The summed E-state index contributed by atoms with van der Waals surface area (Å²) < 4.78 is 0. The highest BCUT2D eigenvalue weighted by atomic mass is 127. The molecule has 1 aromatic carbocycles. The van der Waals surface area contributed by atoms with Gasteiger partial charge in [0.1, 0.15) is 0 Å². The molecule has 2 N–H and O–H groups in total. The van der Waals surface area contributed by atoms with Crippen LogP contribution in [0.15, 0.2) is 35.3 Å². The van der Waals surface area contributed by atoms with Crippen molar-refractivity contribution in [2.24, 2.45) is 4.99 Å².